The molecule has 0 saturated carbocycles. The summed E-state index contributed by atoms with van der Waals surface area (Å²) in [4.78, 5) is 24.5. The molecule has 1 aromatic carbocycles. The largest absolute Gasteiger partial charge is 0.496 e. The van der Waals surface area contributed by atoms with E-state index >= 15 is 0 Å². The van der Waals surface area contributed by atoms with Crippen molar-refractivity contribution in [2.24, 2.45) is 0 Å². The SMILES string of the molecule is COc1cc(C2CC(=O)NC3=C2C(=O)CCC3)c(OC)cc1Br. The lowest BCUT2D eigenvalue weighted by atomic mass is 9.77. The fourth-order valence-corrected chi connectivity index (χ4v) is 3.81. The molecule has 5 nitrogen and oxygen atoms in total. The van der Waals surface area contributed by atoms with E-state index in [2.05, 4.69) is 21.2 Å². The molecule has 0 fully saturated rings. The van der Waals surface area contributed by atoms with E-state index in [4.69, 9.17) is 9.47 Å². The van der Waals surface area contributed by atoms with Gasteiger partial charge in [-0.1, -0.05) is 0 Å². The number of methoxy groups -OCH3 is 2. The monoisotopic (exact) mass is 379 g/mol. The average Bonchev–Trinajstić information content (AvgIpc) is 2.53. The van der Waals surface area contributed by atoms with Gasteiger partial charge in [0.2, 0.25) is 5.91 Å². The third-order valence-corrected chi connectivity index (χ3v) is 4.98. The van der Waals surface area contributed by atoms with E-state index in [1.165, 1.54) is 0 Å². The number of amides is 1. The topological polar surface area (TPSA) is 64.6 Å². The van der Waals surface area contributed by atoms with Crippen LogP contribution in [0.3, 0.4) is 0 Å². The van der Waals surface area contributed by atoms with Gasteiger partial charge in [0.05, 0.1) is 18.7 Å². The van der Waals surface area contributed by atoms with Crippen molar-refractivity contribution in [2.75, 3.05) is 14.2 Å². The Morgan fingerprint density at radius 2 is 1.87 bits per heavy atom. The van der Waals surface area contributed by atoms with Crippen molar-refractivity contribution >= 4 is 27.6 Å². The number of allylic oxidation sites excluding steroid dienone is 2. The minimum Gasteiger partial charge on any atom is -0.496 e. The first-order chi connectivity index (χ1) is 11.0. The number of carbonyl (C=O) groups is 2. The minimum atomic E-state index is -0.288. The van der Waals surface area contributed by atoms with Gasteiger partial charge in [-0.05, 0) is 40.9 Å². The van der Waals surface area contributed by atoms with E-state index in [0.29, 0.717) is 17.9 Å². The van der Waals surface area contributed by atoms with Crippen LogP contribution in [0.5, 0.6) is 11.5 Å². The second-order valence-electron chi connectivity index (χ2n) is 5.70. The van der Waals surface area contributed by atoms with Crippen LogP contribution < -0.4 is 14.8 Å². The maximum Gasteiger partial charge on any atom is 0.225 e. The molecule has 0 spiro atoms. The van der Waals surface area contributed by atoms with Crippen LogP contribution in [0.25, 0.3) is 0 Å². The first-order valence-electron chi connectivity index (χ1n) is 7.52. The van der Waals surface area contributed by atoms with Gasteiger partial charge in [0.25, 0.3) is 0 Å². The lowest BCUT2D eigenvalue weighted by molar-refractivity contribution is -0.122. The zero-order valence-corrected chi connectivity index (χ0v) is 14.7. The highest BCUT2D eigenvalue weighted by Crippen LogP contribution is 2.44. The van der Waals surface area contributed by atoms with Gasteiger partial charge in [-0.3, -0.25) is 9.59 Å². The summed E-state index contributed by atoms with van der Waals surface area (Å²) in [5.41, 5.74) is 2.30. The zero-order chi connectivity index (χ0) is 16.6. The molecule has 1 unspecified atom stereocenters. The highest BCUT2D eigenvalue weighted by atomic mass is 79.9. The lowest BCUT2D eigenvalue weighted by Gasteiger charge is -2.32. The van der Waals surface area contributed by atoms with Crippen LogP contribution >= 0.6 is 15.9 Å². The van der Waals surface area contributed by atoms with Crippen LogP contribution in [-0.2, 0) is 9.59 Å². The van der Waals surface area contributed by atoms with Crippen molar-refractivity contribution in [1.29, 1.82) is 0 Å². The third kappa shape index (κ3) is 2.87. The quantitative estimate of drug-likeness (QED) is 0.876. The summed E-state index contributed by atoms with van der Waals surface area (Å²) in [7, 11) is 3.17. The number of nitrogens with one attached hydrogen (secondary N) is 1. The molecule has 0 bridgehead atoms. The maximum absolute atomic E-state index is 12.4. The van der Waals surface area contributed by atoms with Crippen LogP contribution in [0.4, 0.5) is 0 Å². The Balaban J connectivity index is 2.16. The second-order valence-corrected chi connectivity index (χ2v) is 6.56. The van der Waals surface area contributed by atoms with Crippen LogP contribution in [0, 0.1) is 0 Å². The maximum atomic E-state index is 12.4. The molecule has 1 aliphatic carbocycles. The number of halogens is 1. The molecule has 1 aliphatic heterocycles. The van der Waals surface area contributed by atoms with Gasteiger partial charge in [0.15, 0.2) is 5.78 Å². The number of hydrogen-bond acceptors (Lipinski definition) is 4. The summed E-state index contributed by atoms with van der Waals surface area (Å²) in [6.07, 6.45) is 2.29. The van der Waals surface area contributed by atoms with Crippen LogP contribution in [0.2, 0.25) is 0 Å². The molecule has 2 aliphatic rings. The first kappa shape index (κ1) is 16.1. The summed E-state index contributed by atoms with van der Waals surface area (Å²) in [5, 5.41) is 2.86. The summed E-state index contributed by atoms with van der Waals surface area (Å²) < 4.78 is 11.6. The average molecular weight is 380 g/mol. The first-order valence-corrected chi connectivity index (χ1v) is 8.32. The number of benzene rings is 1. The Bertz CT molecular complexity index is 711. The Labute approximate surface area is 143 Å². The molecule has 23 heavy (non-hydrogen) atoms. The smallest absolute Gasteiger partial charge is 0.225 e. The van der Waals surface area contributed by atoms with E-state index in [-0.39, 0.29) is 24.0 Å². The van der Waals surface area contributed by atoms with Gasteiger partial charge < -0.3 is 14.8 Å². The molecule has 6 heteroatoms. The molecule has 1 N–H and O–H groups in total. The fraction of sp³-hybridized carbons (Fsp3) is 0.412. The van der Waals surface area contributed by atoms with Gasteiger partial charge in [0, 0.05) is 35.6 Å². The Hall–Kier alpha value is -1.82. The standard InChI is InChI=1S/C17H18BrNO4/c1-22-14-8-11(18)15(23-2)6-9(14)10-7-16(21)19-12-4-3-5-13(20)17(10)12/h6,8,10H,3-5,7H2,1-2H3,(H,19,21). The lowest BCUT2D eigenvalue weighted by Crippen LogP contribution is -2.36. The van der Waals surface area contributed by atoms with Crippen LogP contribution in [0.1, 0.15) is 37.2 Å². The fourth-order valence-electron chi connectivity index (χ4n) is 3.33. The van der Waals surface area contributed by atoms with Gasteiger partial charge in [-0.2, -0.15) is 0 Å². The zero-order valence-electron chi connectivity index (χ0n) is 13.1. The summed E-state index contributed by atoms with van der Waals surface area (Å²) in [5.74, 6) is 1.05. The number of ketones is 1. The Morgan fingerprint density at radius 3 is 2.57 bits per heavy atom. The van der Waals surface area contributed by atoms with Gasteiger partial charge in [0.1, 0.15) is 11.5 Å². The minimum absolute atomic E-state index is 0.0626. The molecule has 1 atom stereocenters. The highest BCUT2D eigenvalue weighted by molar-refractivity contribution is 9.10. The van der Waals surface area contributed by atoms with Gasteiger partial charge >= 0.3 is 0 Å². The van der Waals surface area contributed by atoms with Crippen molar-refractivity contribution in [3.63, 3.8) is 0 Å². The molecule has 1 aromatic rings. The normalized spacial score (nSPS) is 20.9. The van der Waals surface area contributed by atoms with E-state index in [9.17, 15) is 9.59 Å². The number of carbonyl (C=O) groups excluding carboxylic acids is 2. The van der Waals surface area contributed by atoms with Crippen molar-refractivity contribution < 1.29 is 19.1 Å². The molecule has 122 valence electrons. The molecule has 0 radical (unpaired) electrons. The molecule has 0 aromatic heterocycles. The van der Waals surface area contributed by atoms with E-state index in [1.807, 2.05) is 12.1 Å². The Morgan fingerprint density at radius 1 is 1.13 bits per heavy atom. The predicted molar refractivity (Wildman–Crippen MR) is 88.6 cm³/mol. The highest BCUT2D eigenvalue weighted by Gasteiger charge is 2.36. The van der Waals surface area contributed by atoms with Crippen molar-refractivity contribution in [2.45, 2.75) is 31.6 Å². The molecular formula is C17H18BrNO4. The Kier molecular flexibility index (Phi) is 4.43. The molecule has 0 saturated heterocycles. The van der Waals surface area contributed by atoms with E-state index in [1.54, 1.807) is 14.2 Å². The molecule has 1 amide bonds. The van der Waals surface area contributed by atoms with Crippen LogP contribution in [0.15, 0.2) is 27.9 Å². The van der Waals surface area contributed by atoms with Crippen LogP contribution in [-0.4, -0.2) is 25.9 Å². The van der Waals surface area contributed by atoms with E-state index in [0.717, 1.165) is 34.1 Å². The van der Waals surface area contributed by atoms with E-state index < -0.39 is 0 Å². The van der Waals surface area contributed by atoms with Crippen molar-refractivity contribution in [3.8, 4) is 11.5 Å². The van der Waals surface area contributed by atoms with Gasteiger partial charge in [-0.25, -0.2) is 0 Å². The van der Waals surface area contributed by atoms with Gasteiger partial charge in [-0.15, -0.1) is 0 Å². The number of hydrogen-bond donors (Lipinski definition) is 1. The second kappa shape index (κ2) is 6.35. The number of rotatable bonds is 3. The number of ether oxygens (including phenoxy) is 2. The predicted octanol–water partition coefficient (Wildman–Crippen LogP) is 3.08. The van der Waals surface area contributed by atoms with Crippen molar-refractivity contribution in [3.05, 3.63) is 33.4 Å². The molecular weight excluding hydrogens is 362 g/mol. The molecule has 3 rings (SSSR count). The molecule has 1 heterocycles. The summed E-state index contributed by atoms with van der Waals surface area (Å²) >= 11 is 3.44. The van der Waals surface area contributed by atoms with Crippen molar-refractivity contribution in [1.82, 2.24) is 5.32 Å². The number of Topliss-reactive ketones (excluding diaryl/α,β-unsaturated/α-hetero) is 1. The summed E-state index contributed by atoms with van der Waals surface area (Å²) in [6, 6.07) is 3.66. The third-order valence-electron chi connectivity index (χ3n) is 4.36. The summed E-state index contributed by atoms with van der Waals surface area (Å²) in [6.45, 7) is 0.